The third kappa shape index (κ3) is 3.64. The molecule has 5 aliphatic rings. The van der Waals surface area contributed by atoms with Gasteiger partial charge in [0.25, 0.3) is 0 Å². The molecule has 4 saturated carbocycles. The van der Waals surface area contributed by atoms with Crippen molar-refractivity contribution in [2.45, 2.75) is 51.4 Å². The van der Waals surface area contributed by atoms with E-state index >= 15 is 0 Å². The molecule has 1 aromatic carbocycles. The van der Waals surface area contributed by atoms with E-state index in [-0.39, 0.29) is 0 Å². The molecule has 4 aliphatic carbocycles. The average molecular weight is 384 g/mol. The van der Waals surface area contributed by atoms with Crippen LogP contribution in [0.3, 0.4) is 0 Å². The van der Waals surface area contributed by atoms with Crippen molar-refractivity contribution in [3.63, 3.8) is 0 Å². The molecule has 2 nitrogen and oxygen atoms in total. The average Bonchev–Trinajstić information content (AvgIpc) is 3.14. The van der Waals surface area contributed by atoms with E-state index in [4.69, 9.17) is 0 Å². The van der Waals surface area contributed by atoms with Gasteiger partial charge < -0.3 is 0 Å². The Kier molecular flexibility index (Phi) is 4.92. The molecule has 0 N–H and O–H groups in total. The summed E-state index contributed by atoms with van der Waals surface area (Å²) in [5.74, 6) is 7.46. The van der Waals surface area contributed by atoms with E-state index in [1.807, 2.05) is 24.3 Å². The molecule has 27 heavy (non-hydrogen) atoms. The van der Waals surface area contributed by atoms with E-state index in [0.717, 1.165) is 28.7 Å². The van der Waals surface area contributed by atoms with Crippen LogP contribution in [0.1, 0.15) is 60.9 Å². The number of rotatable bonds is 6. The maximum absolute atomic E-state index is 13.1. The lowest BCUT2D eigenvalue weighted by molar-refractivity contribution is -0.135. The first-order valence-electron chi connectivity index (χ1n) is 10.9. The van der Waals surface area contributed by atoms with Crippen molar-refractivity contribution in [1.82, 2.24) is 0 Å². The molecule has 4 bridgehead atoms. The highest BCUT2D eigenvalue weighted by Gasteiger charge is 2.50. The van der Waals surface area contributed by atoms with Crippen LogP contribution in [0.25, 0.3) is 0 Å². The van der Waals surface area contributed by atoms with Crippen molar-refractivity contribution in [1.29, 1.82) is 0 Å². The zero-order valence-electron chi connectivity index (χ0n) is 16.2. The van der Waals surface area contributed by atoms with Gasteiger partial charge in [-0.1, -0.05) is 24.3 Å². The second-order valence-corrected chi connectivity index (χ2v) is 11.9. The quantitative estimate of drug-likeness (QED) is 0.537. The van der Waals surface area contributed by atoms with E-state index in [1.165, 1.54) is 56.5 Å². The minimum atomic E-state index is 0.291. The fourth-order valence-electron chi connectivity index (χ4n) is 6.71. The van der Waals surface area contributed by atoms with Gasteiger partial charge in [-0.2, -0.15) is 0 Å². The summed E-state index contributed by atoms with van der Waals surface area (Å²) in [5.41, 5.74) is 1.92. The van der Waals surface area contributed by atoms with E-state index in [0.29, 0.717) is 46.6 Å². The molecule has 3 heteroatoms. The molecule has 1 heterocycles. The summed E-state index contributed by atoms with van der Waals surface area (Å²) >= 11 is 0. The van der Waals surface area contributed by atoms with E-state index in [1.54, 1.807) is 0 Å². The molecule has 1 saturated heterocycles. The molecule has 0 radical (unpaired) electrons. The Morgan fingerprint density at radius 1 is 0.852 bits per heavy atom. The Balaban J connectivity index is 1.21. The molecule has 0 aromatic heterocycles. The van der Waals surface area contributed by atoms with Gasteiger partial charge in [-0.25, -0.2) is 0 Å². The minimum absolute atomic E-state index is 0.291. The molecule has 144 valence electrons. The molecule has 0 unspecified atom stereocenters. The Labute approximate surface area is 165 Å². The Morgan fingerprint density at radius 2 is 1.44 bits per heavy atom. The van der Waals surface area contributed by atoms with Crippen LogP contribution < -0.4 is 0 Å². The van der Waals surface area contributed by atoms with Crippen molar-refractivity contribution in [3.05, 3.63) is 35.4 Å². The predicted molar refractivity (Wildman–Crippen MR) is 111 cm³/mol. The van der Waals surface area contributed by atoms with Gasteiger partial charge in [-0.05, 0) is 85.1 Å². The van der Waals surface area contributed by atoms with Gasteiger partial charge in [0.1, 0.15) is 17.3 Å². The van der Waals surface area contributed by atoms with Gasteiger partial charge in [0.05, 0.1) is 0 Å². The summed E-state index contributed by atoms with van der Waals surface area (Å²) in [6, 6.07) is 7.97. The van der Waals surface area contributed by atoms with Crippen LogP contribution in [-0.4, -0.2) is 28.8 Å². The maximum Gasteiger partial charge on any atom is 0.211 e. The minimum Gasteiger partial charge on any atom is -0.299 e. The topological polar surface area (TPSA) is 34.1 Å². The number of carbonyl (C=O) groups is 2. The lowest BCUT2D eigenvalue weighted by Crippen LogP contribution is -2.48. The first-order valence-corrected chi connectivity index (χ1v) is 12.7. The summed E-state index contributed by atoms with van der Waals surface area (Å²) < 4.78 is 0. The molecule has 1 aromatic rings. The number of carbonyl (C=O) groups excluding carboxylic acids is 2. The van der Waals surface area contributed by atoms with Gasteiger partial charge in [0, 0.05) is 17.9 Å². The zero-order valence-corrected chi connectivity index (χ0v) is 17.0. The fraction of sp³-hybridized carbons (Fsp3) is 0.667. The van der Waals surface area contributed by atoms with Crippen LogP contribution in [0.15, 0.2) is 24.3 Å². The predicted octanol–water partition coefficient (Wildman–Crippen LogP) is 4.47. The van der Waals surface area contributed by atoms with Crippen molar-refractivity contribution in [2.24, 2.45) is 29.6 Å². The van der Waals surface area contributed by atoms with Gasteiger partial charge in [0.2, 0.25) is 5.78 Å². The second-order valence-electron chi connectivity index (χ2n) is 9.59. The maximum atomic E-state index is 13.1. The van der Waals surface area contributed by atoms with Crippen LogP contribution in [0.5, 0.6) is 0 Å². The van der Waals surface area contributed by atoms with E-state index < -0.39 is 0 Å². The summed E-state index contributed by atoms with van der Waals surface area (Å²) in [4.78, 5) is 25.6. The number of hydrogen-bond donors (Lipinski definition) is 0. The van der Waals surface area contributed by atoms with E-state index in [2.05, 4.69) is 0 Å². The van der Waals surface area contributed by atoms with Crippen LogP contribution >= 0.6 is 0 Å². The normalized spacial score (nSPS) is 34.9. The first-order chi connectivity index (χ1) is 13.2. The number of Topliss-reactive ketones (excluding diaryl/α,β-unsaturated/α-hetero) is 2. The third-order valence-electron chi connectivity index (χ3n) is 7.70. The third-order valence-corrected chi connectivity index (χ3v) is 10.1. The largest absolute Gasteiger partial charge is 0.299 e. The van der Waals surface area contributed by atoms with Gasteiger partial charge in [0.15, 0.2) is 5.75 Å². The number of hydrogen-bond acceptors (Lipinski definition) is 2. The van der Waals surface area contributed by atoms with Gasteiger partial charge in [-0.3, -0.25) is 9.59 Å². The molecular weight excluding hydrogens is 352 g/mol. The lowest BCUT2D eigenvalue weighted by Gasteiger charge is -2.53. The fourth-order valence-corrected chi connectivity index (χ4v) is 8.96. The SMILES string of the molecule is O=C(C[S+]1CCCC1)c1ccc(CC(=O)C2C3CC4CC(C3)CC2C4)cc1. The van der Waals surface area contributed by atoms with Crippen LogP contribution in [0.4, 0.5) is 0 Å². The molecule has 0 atom stereocenters. The smallest absolute Gasteiger partial charge is 0.211 e. The van der Waals surface area contributed by atoms with E-state index in [9.17, 15) is 9.59 Å². The van der Waals surface area contributed by atoms with Crippen molar-refractivity contribution in [3.8, 4) is 0 Å². The van der Waals surface area contributed by atoms with Crippen LogP contribution in [-0.2, 0) is 22.1 Å². The summed E-state index contributed by atoms with van der Waals surface area (Å²) in [5, 5.41) is 0. The second kappa shape index (κ2) is 7.39. The van der Waals surface area contributed by atoms with Crippen molar-refractivity contribution in [2.75, 3.05) is 17.3 Å². The van der Waals surface area contributed by atoms with Crippen LogP contribution in [0, 0.1) is 29.6 Å². The molecule has 0 amide bonds. The van der Waals surface area contributed by atoms with Gasteiger partial charge >= 0.3 is 0 Å². The standard InChI is InChI=1S/C24H31O2S/c25-22(24-20-10-17-9-18(12-20)13-21(24)11-17)14-16-3-5-19(6-4-16)23(26)15-27-7-1-2-8-27/h3-6,17-18,20-21,24H,1-2,7-15H2/q+1. The summed E-state index contributed by atoms with van der Waals surface area (Å²) in [6.45, 7) is 0. The Bertz CT molecular complexity index is 688. The summed E-state index contributed by atoms with van der Waals surface area (Å²) in [7, 11) is 0.318. The first kappa shape index (κ1) is 18.0. The monoisotopic (exact) mass is 383 g/mol. The zero-order chi connectivity index (χ0) is 18.4. The highest BCUT2D eigenvalue weighted by molar-refractivity contribution is 7.97. The Hall–Kier alpha value is -1.09. The highest BCUT2D eigenvalue weighted by Crippen LogP contribution is 2.56. The summed E-state index contributed by atoms with van der Waals surface area (Å²) in [6.07, 6.45) is 9.80. The highest BCUT2D eigenvalue weighted by atomic mass is 32.2. The van der Waals surface area contributed by atoms with Crippen molar-refractivity contribution >= 4 is 22.5 Å². The Morgan fingerprint density at radius 3 is 2.04 bits per heavy atom. The molecule has 5 fully saturated rings. The molecule has 0 spiro atoms. The van der Waals surface area contributed by atoms with Crippen LogP contribution in [0.2, 0.25) is 0 Å². The molecule has 6 rings (SSSR count). The number of ketones is 2. The molecular formula is C24H31O2S+. The lowest BCUT2D eigenvalue weighted by atomic mass is 9.51. The molecule has 1 aliphatic heterocycles. The van der Waals surface area contributed by atoms with Gasteiger partial charge in [-0.15, -0.1) is 0 Å². The number of benzene rings is 1. The van der Waals surface area contributed by atoms with Crippen molar-refractivity contribution < 1.29 is 9.59 Å².